The predicted octanol–water partition coefficient (Wildman–Crippen LogP) is 5.99. The lowest BCUT2D eigenvalue weighted by Crippen LogP contribution is -2.42. The molecule has 0 aliphatic rings. The SMILES string of the molecule is Cc1ccc(S(=O)(=O)N(CC(=O)NCC(C)Cc2cccc3ccccc23)c2ccccc2Cl)cc1. The van der Waals surface area contributed by atoms with Crippen LogP contribution in [0.15, 0.2) is 95.9 Å². The van der Waals surface area contributed by atoms with Crippen LogP contribution in [-0.4, -0.2) is 27.4 Å². The molecule has 0 aliphatic carbocycles. The lowest BCUT2D eigenvalue weighted by molar-refractivity contribution is -0.119. The minimum Gasteiger partial charge on any atom is -0.354 e. The van der Waals surface area contributed by atoms with Gasteiger partial charge in [-0.3, -0.25) is 9.10 Å². The van der Waals surface area contributed by atoms with Crippen molar-refractivity contribution in [2.75, 3.05) is 17.4 Å². The van der Waals surface area contributed by atoms with Gasteiger partial charge in [0.15, 0.2) is 0 Å². The molecule has 0 aromatic heterocycles. The molecule has 0 fully saturated rings. The van der Waals surface area contributed by atoms with Crippen molar-refractivity contribution in [2.45, 2.75) is 25.2 Å². The zero-order valence-corrected chi connectivity index (χ0v) is 21.9. The Morgan fingerprint density at radius 2 is 1.58 bits per heavy atom. The molecule has 0 aliphatic heterocycles. The van der Waals surface area contributed by atoms with E-state index in [4.69, 9.17) is 11.6 Å². The second-order valence-electron chi connectivity index (χ2n) is 9.03. The summed E-state index contributed by atoms with van der Waals surface area (Å²) in [6, 6.07) is 27.6. The minimum atomic E-state index is -4.01. The van der Waals surface area contributed by atoms with E-state index in [-0.39, 0.29) is 28.1 Å². The summed E-state index contributed by atoms with van der Waals surface area (Å²) >= 11 is 6.35. The maximum absolute atomic E-state index is 13.5. The standard InChI is InChI=1S/C29H29ClN2O3S/c1-21-14-16-25(17-15-21)36(34,35)32(28-13-6-5-12-27(28)30)20-29(33)31-19-22(2)18-24-10-7-9-23-8-3-4-11-26(23)24/h3-17,22H,18-20H2,1-2H3,(H,31,33). The van der Waals surface area contributed by atoms with E-state index in [2.05, 4.69) is 36.5 Å². The highest BCUT2D eigenvalue weighted by Crippen LogP contribution is 2.30. The number of nitrogens with zero attached hydrogens (tertiary/aromatic N) is 1. The highest BCUT2D eigenvalue weighted by atomic mass is 35.5. The van der Waals surface area contributed by atoms with Crippen molar-refractivity contribution in [3.05, 3.63) is 107 Å². The highest BCUT2D eigenvalue weighted by molar-refractivity contribution is 7.92. The van der Waals surface area contributed by atoms with Gasteiger partial charge in [0.05, 0.1) is 15.6 Å². The van der Waals surface area contributed by atoms with Crippen LogP contribution in [0.1, 0.15) is 18.1 Å². The van der Waals surface area contributed by atoms with Crippen LogP contribution >= 0.6 is 11.6 Å². The lowest BCUT2D eigenvalue weighted by Gasteiger charge is -2.25. The van der Waals surface area contributed by atoms with Crippen LogP contribution in [0.2, 0.25) is 5.02 Å². The fourth-order valence-electron chi connectivity index (χ4n) is 4.18. The molecule has 0 radical (unpaired) electrons. The van der Waals surface area contributed by atoms with E-state index in [1.54, 1.807) is 48.5 Å². The third-order valence-electron chi connectivity index (χ3n) is 6.11. The number of hydrogen-bond donors (Lipinski definition) is 1. The third-order valence-corrected chi connectivity index (χ3v) is 8.21. The third kappa shape index (κ3) is 5.89. The minimum absolute atomic E-state index is 0.102. The molecule has 36 heavy (non-hydrogen) atoms. The number of sulfonamides is 1. The number of fused-ring (bicyclic) bond motifs is 1. The van der Waals surface area contributed by atoms with Crippen LogP contribution in [-0.2, 0) is 21.2 Å². The van der Waals surface area contributed by atoms with Gasteiger partial charge in [0.25, 0.3) is 10.0 Å². The van der Waals surface area contributed by atoms with E-state index >= 15 is 0 Å². The Labute approximate surface area is 217 Å². The fraction of sp³-hybridized carbons (Fsp3) is 0.207. The van der Waals surface area contributed by atoms with Crippen LogP contribution < -0.4 is 9.62 Å². The van der Waals surface area contributed by atoms with Crippen LogP contribution in [0.5, 0.6) is 0 Å². The van der Waals surface area contributed by atoms with Gasteiger partial charge in [-0.05, 0) is 59.9 Å². The van der Waals surface area contributed by atoms with Crippen molar-refractivity contribution in [3.63, 3.8) is 0 Å². The number of hydrogen-bond acceptors (Lipinski definition) is 3. The molecule has 0 saturated carbocycles. The number of carbonyl (C=O) groups is 1. The Hall–Kier alpha value is -3.35. The van der Waals surface area contributed by atoms with E-state index < -0.39 is 15.9 Å². The van der Waals surface area contributed by atoms with E-state index in [1.165, 1.54) is 16.3 Å². The van der Waals surface area contributed by atoms with Gasteiger partial charge in [0, 0.05) is 6.54 Å². The molecule has 5 nitrogen and oxygen atoms in total. The van der Waals surface area contributed by atoms with Crippen molar-refractivity contribution >= 4 is 44.0 Å². The molecule has 0 bridgehead atoms. The summed E-state index contributed by atoms with van der Waals surface area (Å²) in [6.45, 7) is 4.00. The topological polar surface area (TPSA) is 66.5 Å². The van der Waals surface area contributed by atoms with Crippen molar-refractivity contribution in [1.29, 1.82) is 0 Å². The second kappa shape index (κ2) is 11.1. The number of halogens is 1. The monoisotopic (exact) mass is 520 g/mol. The molecular weight excluding hydrogens is 492 g/mol. The van der Waals surface area contributed by atoms with Crippen LogP contribution in [0, 0.1) is 12.8 Å². The molecule has 4 aromatic rings. The number of nitrogens with one attached hydrogen (secondary N) is 1. The summed E-state index contributed by atoms with van der Waals surface area (Å²) in [4.78, 5) is 13.1. The maximum Gasteiger partial charge on any atom is 0.264 e. The summed E-state index contributed by atoms with van der Waals surface area (Å²) in [5.74, 6) is -0.238. The summed E-state index contributed by atoms with van der Waals surface area (Å²) in [5, 5.41) is 5.55. The fourth-order valence-corrected chi connectivity index (χ4v) is 5.91. The van der Waals surface area contributed by atoms with Gasteiger partial charge in [-0.15, -0.1) is 0 Å². The molecule has 7 heteroatoms. The van der Waals surface area contributed by atoms with E-state index in [0.29, 0.717) is 6.54 Å². The summed E-state index contributed by atoms with van der Waals surface area (Å²) in [7, 11) is -4.01. The molecule has 1 atom stereocenters. The smallest absolute Gasteiger partial charge is 0.264 e. The number of carbonyl (C=O) groups excluding carboxylic acids is 1. The molecule has 1 unspecified atom stereocenters. The number of benzene rings is 4. The van der Waals surface area contributed by atoms with Crippen molar-refractivity contribution in [1.82, 2.24) is 5.32 Å². The molecule has 0 spiro atoms. The second-order valence-corrected chi connectivity index (χ2v) is 11.3. The zero-order valence-electron chi connectivity index (χ0n) is 20.3. The first-order valence-electron chi connectivity index (χ1n) is 11.8. The molecule has 1 amide bonds. The van der Waals surface area contributed by atoms with Gasteiger partial charge in [0.2, 0.25) is 5.91 Å². The Morgan fingerprint density at radius 1 is 0.917 bits per heavy atom. The molecule has 0 saturated heterocycles. The summed E-state index contributed by atoms with van der Waals surface area (Å²) in [6.07, 6.45) is 0.789. The summed E-state index contributed by atoms with van der Waals surface area (Å²) in [5.41, 5.74) is 2.42. The average Bonchev–Trinajstić information content (AvgIpc) is 2.87. The summed E-state index contributed by atoms with van der Waals surface area (Å²) < 4.78 is 28.1. The lowest BCUT2D eigenvalue weighted by atomic mass is 9.96. The molecule has 1 N–H and O–H groups in total. The van der Waals surface area contributed by atoms with Crippen molar-refractivity contribution in [3.8, 4) is 0 Å². The molecule has 0 heterocycles. The van der Waals surface area contributed by atoms with Crippen LogP contribution in [0.25, 0.3) is 10.8 Å². The van der Waals surface area contributed by atoms with Crippen LogP contribution in [0.4, 0.5) is 5.69 Å². The molecule has 4 rings (SSSR count). The van der Waals surface area contributed by atoms with Crippen molar-refractivity contribution in [2.24, 2.45) is 5.92 Å². The normalized spacial score (nSPS) is 12.3. The van der Waals surface area contributed by atoms with Gasteiger partial charge in [-0.25, -0.2) is 8.42 Å². The van der Waals surface area contributed by atoms with E-state index in [9.17, 15) is 13.2 Å². The Balaban J connectivity index is 1.49. The van der Waals surface area contributed by atoms with E-state index in [1.807, 2.05) is 25.1 Å². The first kappa shape index (κ1) is 25.7. The number of anilines is 1. The van der Waals surface area contributed by atoms with Gasteiger partial charge < -0.3 is 5.32 Å². The van der Waals surface area contributed by atoms with Gasteiger partial charge in [0.1, 0.15) is 6.54 Å². The average molecular weight is 521 g/mol. The van der Waals surface area contributed by atoms with Crippen molar-refractivity contribution < 1.29 is 13.2 Å². The highest BCUT2D eigenvalue weighted by Gasteiger charge is 2.28. The predicted molar refractivity (Wildman–Crippen MR) is 147 cm³/mol. The first-order chi connectivity index (χ1) is 17.3. The van der Waals surface area contributed by atoms with Gasteiger partial charge in [-0.1, -0.05) is 90.8 Å². The van der Waals surface area contributed by atoms with Crippen LogP contribution in [0.3, 0.4) is 0 Å². The first-order valence-corrected chi connectivity index (χ1v) is 13.6. The molecular formula is C29H29ClN2O3S. The number of rotatable bonds is 9. The molecule has 186 valence electrons. The zero-order chi connectivity index (χ0) is 25.7. The van der Waals surface area contributed by atoms with E-state index in [0.717, 1.165) is 16.3 Å². The molecule has 4 aromatic carbocycles. The number of amides is 1. The largest absolute Gasteiger partial charge is 0.354 e. The van der Waals surface area contributed by atoms with Gasteiger partial charge >= 0.3 is 0 Å². The Bertz CT molecular complexity index is 1460. The number of para-hydroxylation sites is 1. The number of aryl methyl sites for hydroxylation is 1. The Kier molecular flexibility index (Phi) is 7.97. The van der Waals surface area contributed by atoms with Gasteiger partial charge in [-0.2, -0.15) is 0 Å². The Morgan fingerprint density at radius 3 is 2.33 bits per heavy atom. The maximum atomic E-state index is 13.5. The quantitative estimate of drug-likeness (QED) is 0.294.